The monoisotopic (exact) mass is 219 g/mol. The molecule has 1 aromatic rings. The highest BCUT2D eigenvalue weighted by Gasteiger charge is 2.13. The maximum absolute atomic E-state index is 4.43. The fourth-order valence-electron chi connectivity index (χ4n) is 1.86. The predicted octanol–water partition coefficient (Wildman–Crippen LogP) is 1.58. The highest BCUT2D eigenvalue weighted by molar-refractivity contribution is 5.25. The molecule has 1 heterocycles. The molecule has 0 amide bonds. The zero-order valence-corrected chi connectivity index (χ0v) is 10.9. The van der Waals surface area contributed by atoms with Gasteiger partial charge < -0.3 is 5.32 Å². The van der Waals surface area contributed by atoms with Crippen LogP contribution in [0.1, 0.15) is 30.3 Å². The maximum atomic E-state index is 4.43. The molecule has 16 heavy (non-hydrogen) atoms. The van der Waals surface area contributed by atoms with E-state index >= 15 is 0 Å². The Morgan fingerprint density at radius 2 is 2.12 bits per heavy atom. The SMILES string of the molecule is CC#CCC(Cc1c(C)nn(C)c1C)NC. The van der Waals surface area contributed by atoms with Crippen molar-refractivity contribution in [1.82, 2.24) is 15.1 Å². The molecule has 1 aromatic heterocycles. The standard InChI is InChI=1S/C13H21N3/c1-6-7-8-12(14-4)9-13-10(2)15-16(5)11(13)3/h12,14H,8-9H2,1-5H3. The third-order valence-electron chi connectivity index (χ3n) is 3.04. The summed E-state index contributed by atoms with van der Waals surface area (Å²) < 4.78 is 1.95. The molecule has 1 unspecified atom stereocenters. The number of aryl methyl sites for hydroxylation is 2. The molecule has 0 aromatic carbocycles. The minimum atomic E-state index is 0.411. The van der Waals surface area contributed by atoms with E-state index in [2.05, 4.69) is 36.1 Å². The van der Waals surface area contributed by atoms with Crippen LogP contribution < -0.4 is 5.32 Å². The minimum Gasteiger partial charge on any atom is -0.316 e. The molecule has 1 N–H and O–H groups in total. The van der Waals surface area contributed by atoms with Gasteiger partial charge in [-0.2, -0.15) is 5.10 Å². The van der Waals surface area contributed by atoms with Crippen LogP contribution in [-0.4, -0.2) is 22.9 Å². The fraction of sp³-hybridized carbons (Fsp3) is 0.615. The molecule has 0 aliphatic rings. The lowest BCUT2D eigenvalue weighted by Crippen LogP contribution is -2.27. The molecule has 0 radical (unpaired) electrons. The van der Waals surface area contributed by atoms with Crippen molar-refractivity contribution in [2.24, 2.45) is 7.05 Å². The van der Waals surface area contributed by atoms with Gasteiger partial charge in [0.2, 0.25) is 0 Å². The zero-order valence-electron chi connectivity index (χ0n) is 10.9. The fourth-order valence-corrected chi connectivity index (χ4v) is 1.86. The molecule has 0 aliphatic carbocycles. The van der Waals surface area contributed by atoms with Crippen molar-refractivity contribution in [3.63, 3.8) is 0 Å². The topological polar surface area (TPSA) is 29.9 Å². The summed E-state index contributed by atoms with van der Waals surface area (Å²) >= 11 is 0. The number of aromatic nitrogens is 2. The Bertz CT molecular complexity index is 407. The second kappa shape index (κ2) is 5.72. The minimum absolute atomic E-state index is 0.411. The first-order valence-electron chi connectivity index (χ1n) is 5.66. The van der Waals surface area contributed by atoms with Crippen LogP contribution in [0, 0.1) is 25.7 Å². The van der Waals surface area contributed by atoms with Crippen LogP contribution in [0.2, 0.25) is 0 Å². The molecule has 3 nitrogen and oxygen atoms in total. The van der Waals surface area contributed by atoms with Crippen LogP contribution in [0.25, 0.3) is 0 Å². The van der Waals surface area contributed by atoms with Crippen molar-refractivity contribution in [3.05, 3.63) is 17.0 Å². The van der Waals surface area contributed by atoms with Gasteiger partial charge >= 0.3 is 0 Å². The van der Waals surface area contributed by atoms with Crippen LogP contribution in [0.5, 0.6) is 0 Å². The van der Waals surface area contributed by atoms with Crippen molar-refractivity contribution in [1.29, 1.82) is 0 Å². The summed E-state index contributed by atoms with van der Waals surface area (Å²) in [4.78, 5) is 0. The second-order valence-electron chi connectivity index (χ2n) is 4.09. The van der Waals surface area contributed by atoms with Gasteiger partial charge in [-0.1, -0.05) is 0 Å². The van der Waals surface area contributed by atoms with Crippen LogP contribution in [0.15, 0.2) is 0 Å². The highest BCUT2D eigenvalue weighted by Crippen LogP contribution is 2.15. The lowest BCUT2D eigenvalue weighted by atomic mass is 10.0. The Kier molecular flexibility index (Phi) is 4.57. The molecule has 3 heteroatoms. The predicted molar refractivity (Wildman–Crippen MR) is 67.3 cm³/mol. The Morgan fingerprint density at radius 3 is 2.56 bits per heavy atom. The molecule has 0 saturated heterocycles. The molecule has 0 fully saturated rings. The summed E-state index contributed by atoms with van der Waals surface area (Å²) in [5.74, 6) is 6.07. The number of hydrogen-bond acceptors (Lipinski definition) is 2. The average molecular weight is 219 g/mol. The lowest BCUT2D eigenvalue weighted by Gasteiger charge is -2.13. The van der Waals surface area contributed by atoms with E-state index in [1.165, 1.54) is 11.3 Å². The Hall–Kier alpha value is -1.27. The molecular weight excluding hydrogens is 198 g/mol. The van der Waals surface area contributed by atoms with Crippen molar-refractivity contribution in [2.75, 3.05) is 7.05 Å². The van der Waals surface area contributed by atoms with Crippen molar-refractivity contribution < 1.29 is 0 Å². The van der Waals surface area contributed by atoms with E-state index in [4.69, 9.17) is 0 Å². The van der Waals surface area contributed by atoms with E-state index in [0.29, 0.717) is 6.04 Å². The van der Waals surface area contributed by atoms with Gasteiger partial charge in [0.05, 0.1) is 5.69 Å². The summed E-state index contributed by atoms with van der Waals surface area (Å²) in [5, 5.41) is 7.74. The molecule has 0 spiro atoms. The summed E-state index contributed by atoms with van der Waals surface area (Å²) in [6, 6.07) is 0.411. The smallest absolute Gasteiger partial charge is 0.0628 e. The lowest BCUT2D eigenvalue weighted by molar-refractivity contribution is 0.570. The van der Waals surface area contributed by atoms with Gasteiger partial charge in [0.1, 0.15) is 0 Å². The van der Waals surface area contributed by atoms with Gasteiger partial charge in [-0.3, -0.25) is 4.68 Å². The van der Waals surface area contributed by atoms with Crippen LogP contribution in [0.3, 0.4) is 0 Å². The van der Waals surface area contributed by atoms with Crippen LogP contribution in [-0.2, 0) is 13.5 Å². The number of nitrogens with zero attached hydrogens (tertiary/aromatic N) is 2. The van der Waals surface area contributed by atoms with Crippen molar-refractivity contribution >= 4 is 0 Å². The first kappa shape index (κ1) is 12.8. The van der Waals surface area contributed by atoms with E-state index in [1.807, 2.05) is 25.7 Å². The van der Waals surface area contributed by atoms with Gasteiger partial charge in [-0.05, 0) is 39.8 Å². The Morgan fingerprint density at radius 1 is 1.44 bits per heavy atom. The number of hydrogen-bond donors (Lipinski definition) is 1. The van der Waals surface area contributed by atoms with Gasteiger partial charge in [0.15, 0.2) is 0 Å². The second-order valence-corrected chi connectivity index (χ2v) is 4.09. The maximum Gasteiger partial charge on any atom is 0.0628 e. The largest absolute Gasteiger partial charge is 0.316 e. The molecular formula is C13H21N3. The van der Waals surface area contributed by atoms with E-state index in [1.54, 1.807) is 0 Å². The van der Waals surface area contributed by atoms with E-state index < -0.39 is 0 Å². The molecule has 88 valence electrons. The highest BCUT2D eigenvalue weighted by atomic mass is 15.3. The van der Waals surface area contributed by atoms with E-state index in [0.717, 1.165) is 18.5 Å². The molecule has 0 bridgehead atoms. The van der Waals surface area contributed by atoms with Gasteiger partial charge in [0, 0.05) is 25.2 Å². The normalized spacial score (nSPS) is 12.1. The third kappa shape index (κ3) is 2.86. The third-order valence-corrected chi connectivity index (χ3v) is 3.04. The number of nitrogens with one attached hydrogen (secondary N) is 1. The molecule has 1 atom stereocenters. The summed E-state index contributed by atoms with van der Waals surface area (Å²) in [6.07, 6.45) is 1.89. The van der Waals surface area contributed by atoms with Gasteiger partial charge in [0.25, 0.3) is 0 Å². The van der Waals surface area contributed by atoms with E-state index in [9.17, 15) is 0 Å². The zero-order chi connectivity index (χ0) is 12.1. The van der Waals surface area contributed by atoms with Gasteiger partial charge in [-0.25, -0.2) is 0 Å². The first-order chi connectivity index (χ1) is 7.60. The molecule has 0 aliphatic heterocycles. The van der Waals surface area contributed by atoms with E-state index in [-0.39, 0.29) is 0 Å². The van der Waals surface area contributed by atoms with Crippen LogP contribution >= 0.6 is 0 Å². The van der Waals surface area contributed by atoms with Crippen molar-refractivity contribution in [3.8, 4) is 11.8 Å². The quantitative estimate of drug-likeness (QED) is 0.779. The summed E-state index contributed by atoms with van der Waals surface area (Å²) in [6.45, 7) is 6.07. The van der Waals surface area contributed by atoms with Crippen molar-refractivity contribution in [2.45, 2.75) is 39.7 Å². The average Bonchev–Trinajstić information content (AvgIpc) is 2.50. The number of likely N-dealkylation sites (N-methyl/N-ethyl adjacent to an activating group) is 1. The number of rotatable bonds is 4. The molecule has 0 saturated carbocycles. The summed E-state index contributed by atoms with van der Waals surface area (Å²) in [5.41, 5.74) is 3.73. The Balaban J connectivity index is 2.79. The molecule has 1 rings (SSSR count). The van der Waals surface area contributed by atoms with Crippen LogP contribution in [0.4, 0.5) is 0 Å². The Labute approximate surface area is 98.2 Å². The van der Waals surface area contributed by atoms with Gasteiger partial charge in [-0.15, -0.1) is 11.8 Å². The first-order valence-corrected chi connectivity index (χ1v) is 5.66. The summed E-state index contributed by atoms with van der Waals surface area (Å²) in [7, 11) is 3.98.